The minimum Gasteiger partial charge on any atom is -0.333 e. The number of carbonyl (C=O) groups is 2. The monoisotopic (exact) mass is 240 g/mol. The zero-order valence-corrected chi connectivity index (χ0v) is 11.4. The highest BCUT2D eigenvalue weighted by Crippen LogP contribution is 2.19. The van der Waals surface area contributed by atoms with Gasteiger partial charge in [-0.2, -0.15) is 0 Å². The predicted molar refractivity (Wildman–Crippen MR) is 67.9 cm³/mol. The third-order valence-electron chi connectivity index (χ3n) is 3.07. The lowest BCUT2D eigenvalue weighted by Gasteiger charge is -2.33. The molecule has 1 N–H and O–H groups in total. The van der Waals surface area contributed by atoms with Gasteiger partial charge in [0.15, 0.2) is 0 Å². The molecule has 2 amide bonds. The van der Waals surface area contributed by atoms with Crippen LogP contribution in [-0.4, -0.2) is 35.3 Å². The Bertz CT molecular complexity index is 286. The molecule has 0 spiro atoms. The molecule has 0 aromatic heterocycles. The zero-order chi connectivity index (χ0) is 13.1. The van der Waals surface area contributed by atoms with Crippen LogP contribution in [0.1, 0.15) is 47.0 Å². The van der Waals surface area contributed by atoms with E-state index in [1.807, 2.05) is 32.6 Å². The van der Waals surface area contributed by atoms with E-state index in [0.717, 1.165) is 12.8 Å². The molecule has 0 bridgehead atoms. The molecule has 1 aliphatic rings. The normalized spacial score (nSPS) is 18.0. The fraction of sp³-hybridized carbons (Fsp3) is 0.846. The van der Waals surface area contributed by atoms with E-state index in [1.54, 1.807) is 0 Å². The molecule has 4 nitrogen and oxygen atoms in total. The Labute approximate surface area is 104 Å². The van der Waals surface area contributed by atoms with E-state index < -0.39 is 0 Å². The van der Waals surface area contributed by atoms with Gasteiger partial charge in [0.2, 0.25) is 0 Å². The Balaban J connectivity index is 2.42. The summed E-state index contributed by atoms with van der Waals surface area (Å²) in [6, 6.07) is -0.0140. The summed E-state index contributed by atoms with van der Waals surface area (Å²) in [4.78, 5) is 25.3. The van der Waals surface area contributed by atoms with Crippen LogP contribution in [0.25, 0.3) is 0 Å². The first-order chi connectivity index (χ1) is 7.83. The first-order valence-corrected chi connectivity index (χ1v) is 6.43. The SMILES string of the molecule is CCC(=O)C1CCN(C(=O)NC(C)(C)C)CC1. The Kier molecular flexibility index (Phi) is 4.54. The number of ketones is 1. The maximum atomic E-state index is 11.9. The van der Waals surface area contributed by atoms with E-state index in [-0.39, 0.29) is 17.5 Å². The molecule has 1 aliphatic heterocycles. The van der Waals surface area contributed by atoms with Crippen molar-refractivity contribution in [2.45, 2.75) is 52.5 Å². The fourth-order valence-electron chi connectivity index (χ4n) is 2.09. The molecular formula is C13H24N2O2. The number of likely N-dealkylation sites (tertiary alicyclic amines) is 1. The average Bonchev–Trinajstić information content (AvgIpc) is 2.26. The number of amides is 2. The van der Waals surface area contributed by atoms with Gasteiger partial charge in [0, 0.05) is 31.0 Å². The molecular weight excluding hydrogens is 216 g/mol. The maximum Gasteiger partial charge on any atom is 0.317 e. The van der Waals surface area contributed by atoms with Gasteiger partial charge in [-0.05, 0) is 33.6 Å². The van der Waals surface area contributed by atoms with Crippen LogP contribution in [0, 0.1) is 5.92 Å². The van der Waals surface area contributed by atoms with Crippen molar-refractivity contribution in [1.82, 2.24) is 10.2 Å². The zero-order valence-electron chi connectivity index (χ0n) is 11.4. The Morgan fingerprint density at radius 2 is 1.76 bits per heavy atom. The molecule has 0 aliphatic carbocycles. The molecule has 0 saturated carbocycles. The van der Waals surface area contributed by atoms with Crippen LogP contribution in [0.2, 0.25) is 0 Å². The van der Waals surface area contributed by atoms with Crippen LogP contribution in [0.15, 0.2) is 0 Å². The minimum atomic E-state index is -0.201. The van der Waals surface area contributed by atoms with Crippen molar-refractivity contribution in [2.75, 3.05) is 13.1 Å². The second kappa shape index (κ2) is 5.52. The summed E-state index contributed by atoms with van der Waals surface area (Å²) in [5, 5.41) is 2.95. The number of urea groups is 1. The maximum absolute atomic E-state index is 11.9. The summed E-state index contributed by atoms with van der Waals surface area (Å²) in [5.74, 6) is 0.500. The quantitative estimate of drug-likeness (QED) is 0.804. The minimum absolute atomic E-state index is 0.0140. The van der Waals surface area contributed by atoms with Crippen molar-refractivity contribution in [3.63, 3.8) is 0 Å². The topological polar surface area (TPSA) is 49.4 Å². The van der Waals surface area contributed by atoms with Crippen molar-refractivity contribution < 1.29 is 9.59 Å². The Morgan fingerprint density at radius 1 is 1.24 bits per heavy atom. The molecule has 0 radical (unpaired) electrons. The third kappa shape index (κ3) is 4.36. The second-order valence-electron chi connectivity index (χ2n) is 5.76. The molecule has 1 fully saturated rings. The molecule has 4 heteroatoms. The number of rotatable bonds is 2. The van der Waals surface area contributed by atoms with Crippen LogP contribution in [-0.2, 0) is 4.79 Å². The van der Waals surface area contributed by atoms with E-state index in [9.17, 15) is 9.59 Å². The average molecular weight is 240 g/mol. The molecule has 0 atom stereocenters. The van der Waals surface area contributed by atoms with E-state index in [4.69, 9.17) is 0 Å². The lowest BCUT2D eigenvalue weighted by Crippen LogP contribution is -2.51. The van der Waals surface area contributed by atoms with Gasteiger partial charge in [0.05, 0.1) is 0 Å². The largest absolute Gasteiger partial charge is 0.333 e. The molecule has 0 aromatic rings. The number of Topliss-reactive ketones (excluding diaryl/α,β-unsaturated/α-hetero) is 1. The first-order valence-electron chi connectivity index (χ1n) is 6.43. The summed E-state index contributed by atoms with van der Waals surface area (Å²) in [5.41, 5.74) is -0.201. The van der Waals surface area contributed by atoms with Crippen molar-refractivity contribution in [3.05, 3.63) is 0 Å². The van der Waals surface area contributed by atoms with Gasteiger partial charge >= 0.3 is 6.03 Å². The summed E-state index contributed by atoms with van der Waals surface area (Å²) in [6.45, 7) is 9.20. The van der Waals surface area contributed by atoms with Crippen LogP contribution >= 0.6 is 0 Å². The van der Waals surface area contributed by atoms with E-state index >= 15 is 0 Å². The van der Waals surface area contributed by atoms with Crippen molar-refractivity contribution in [1.29, 1.82) is 0 Å². The van der Waals surface area contributed by atoms with E-state index in [0.29, 0.717) is 25.3 Å². The van der Waals surface area contributed by atoms with Gasteiger partial charge in [-0.25, -0.2) is 4.79 Å². The van der Waals surface area contributed by atoms with Crippen LogP contribution < -0.4 is 5.32 Å². The van der Waals surface area contributed by atoms with Crippen molar-refractivity contribution in [2.24, 2.45) is 5.92 Å². The Morgan fingerprint density at radius 3 is 2.18 bits per heavy atom. The highest BCUT2D eigenvalue weighted by atomic mass is 16.2. The summed E-state index contributed by atoms with van der Waals surface area (Å²) in [6.07, 6.45) is 2.23. The number of carbonyl (C=O) groups excluding carboxylic acids is 2. The van der Waals surface area contributed by atoms with Crippen LogP contribution in [0.4, 0.5) is 4.79 Å². The Hall–Kier alpha value is -1.06. The first kappa shape index (κ1) is 14.0. The van der Waals surface area contributed by atoms with Gasteiger partial charge < -0.3 is 10.2 Å². The molecule has 1 rings (SSSR count). The van der Waals surface area contributed by atoms with Gasteiger partial charge in [0.1, 0.15) is 5.78 Å². The summed E-state index contributed by atoms with van der Waals surface area (Å²) in [7, 11) is 0. The molecule has 0 unspecified atom stereocenters. The summed E-state index contributed by atoms with van der Waals surface area (Å²) < 4.78 is 0. The predicted octanol–water partition coefficient (Wildman–Crippen LogP) is 2.19. The van der Waals surface area contributed by atoms with E-state index in [2.05, 4.69) is 5.32 Å². The van der Waals surface area contributed by atoms with Crippen LogP contribution in [0.5, 0.6) is 0 Å². The molecule has 17 heavy (non-hydrogen) atoms. The van der Waals surface area contributed by atoms with Gasteiger partial charge in [-0.15, -0.1) is 0 Å². The molecule has 1 heterocycles. The molecule has 98 valence electrons. The highest BCUT2D eigenvalue weighted by molar-refractivity contribution is 5.81. The van der Waals surface area contributed by atoms with Gasteiger partial charge in [-0.3, -0.25) is 4.79 Å². The smallest absolute Gasteiger partial charge is 0.317 e. The second-order valence-corrected chi connectivity index (χ2v) is 5.76. The van der Waals surface area contributed by atoms with E-state index in [1.165, 1.54) is 0 Å². The van der Waals surface area contributed by atoms with Crippen molar-refractivity contribution >= 4 is 11.8 Å². The highest BCUT2D eigenvalue weighted by Gasteiger charge is 2.27. The van der Waals surface area contributed by atoms with Gasteiger partial charge in [-0.1, -0.05) is 6.92 Å². The lowest BCUT2D eigenvalue weighted by molar-refractivity contribution is -0.123. The number of piperidine rings is 1. The lowest BCUT2D eigenvalue weighted by atomic mass is 9.91. The molecule has 1 saturated heterocycles. The standard InChI is InChI=1S/C13H24N2O2/c1-5-11(16)10-6-8-15(9-7-10)12(17)14-13(2,3)4/h10H,5-9H2,1-4H3,(H,14,17). The van der Waals surface area contributed by atoms with Gasteiger partial charge in [0.25, 0.3) is 0 Å². The number of nitrogens with zero attached hydrogens (tertiary/aromatic N) is 1. The number of hydrogen-bond acceptors (Lipinski definition) is 2. The van der Waals surface area contributed by atoms with Crippen molar-refractivity contribution in [3.8, 4) is 0 Å². The third-order valence-corrected chi connectivity index (χ3v) is 3.07. The number of nitrogens with one attached hydrogen (secondary N) is 1. The number of hydrogen-bond donors (Lipinski definition) is 1. The van der Waals surface area contributed by atoms with Crippen LogP contribution in [0.3, 0.4) is 0 Å². The summed E-state index contributed by atoms with van der Waals surface area (Å²) >= 11 is 0. The fourth-order valence-corrected chi connectivity index (χ4v) is 2.09. The molecule has 0 aromatic carbocycles.